The van der Waals surface area contributed by atoms with E-state index >= 15 is 0 Å². The van der Waals surface area contributed by atoms with Crippen LogP contribution in [0.1, 0.15) is 188 Å². The van der Waals surface area contributed by atoms with Crippen LogP contribution in [0.15, 0.2) is 134 Å². The summed E-state index contributed by atoms with van der Waals surface area (Å²) >= 11 is 0. The van der Waals surface area contributed by atoms with Crippen LogP contribution in [0.3, 0.4) is 0 Å². The van der Waals surface area contributed by atoms with Crippen molar-refractivity contribution in [3.63, 3.8) is 0 Å². The Kier molecular flexibility index (Phi) is 48.1. The predicted molar refractivity (Wildman–Crippen MR) is 269 cm³/mol. The molecule has 1 unspecified atom stereocenters. The fourth-order valence-electron chi connectivity index (χ4n) is 6.09. The van der Waals surface area contributed by atoms with Crippen LogP contribution in [0.5, 0.6) is 0 Å². The van der Waals surface area contributed by atoms with E-state index in [4.69, 9.17) is 14.2 Å². The van der Waals surface area contributed by atoms with Gasteiger partial charge < -0.3 is 14.2 Å². The first-order valence-corrected chi connectivity index (χ1v) is 24.7. The van der Waals surface area contributed by atoms with Crippen LogP contribution < -0.4 is 0 Å². The third-order valence-corrected chi connectivity index (χ3v) is 9.66. The van der Waals surface area contributed by atoms with Crippen LogP contribution in [0.25, 0.3) is 0 Å². The smallest absolute Gasteiger partial charge is 0.306 e. The highest BCUT2D eigenvalue weighted by molar-refractivity contribution is 5.70. The average molecular weight is 855 g/mol. The normalized spacial score (nSPS) is 13.4. The standard InChI is InChI=1S/C57H90O5/c1-4-7-10-13-16-19-22-25-27-29-30-33-35-38-41-44-47-50-56(58)61-54-55(62-57(59)51-48-45-42-39-36-32-24-21-18-15-12-9-6-3)53-60-52-49-46-43-40-37-34-31-28-26-23-20-17-14-11-8-5-2/h7-12,16-21,25-28,30,32-34,36-37,55H,4-6,13-15,22-24,29,31,35,38-54H2,1-3H3/b10-7-,11-8-,12-9-,19-16-,20-17-,21-18-,27-25-,28-26-,33-30-,36-32-,37-34-. The van der Waals surface area contributed by atoms with E-state index in [2.05, 4.69) is 154 Å². The summed E-state index contributed by atoms with van der Waals surface area (Å²) < 4.78 is 17.3. The summed E-state index contributed by atoms with van der Waals surface area (Å²) in [5, 5.41) is 0. The molecular formula is C57H90O5. The molecule has 0 N–H and O–H groups in total. The second-order valence-corrected chi connectivity index (χ2v) is 15.6. The Labute approximate surface area is 381 Å². The second-order valence-electron chi connectivity index (χ2n) is 15.6. The molecule has 0 radical (unpaired) electrons. The first-order chi connectivity index (χ1) is 30.6. The molecule has 348 valence electrons. The molecule has 0 saturated heterocycles. The molecule has 0 aliphatic rings. The number of unbranched alkanes of at least 4 members (excludes halogenated alkanes) is 10. The van der Waals surface area contributed by atoms with E-state index in [-0.39, 0.29) is 25.2 Å². The molecule has 0 heterocycles. The van der Waals surface area contributed by atoms with E-state index in [1.807, 2.05) is 0 Å². The van der Waals surface area contributed by atoms with Crippen LogP contribution in [0.4, 0.5) is 0 Å². The van der Waals surface area contributed by atoms with Crippen molar-refractivity contribution in [1.29, 1.82) is 0 Å². The van der Waals surface area contributed by atoms with Gasteiger partial charge in [0, 0.05) is 19.4 Å². The van der Waals surface area contributed by atoms with Crippen molar-refractivity contribution in [1.82, 2.24) is 0 Å². The fraction of sp³-hybridized carbons (Fsp3) is 0.579. The highest BCUT2D eigenvalue weighted by atomic mass is 16.6. The van der Waals surface area contributed by atoms with Gasteiger partial charge in [-0.3, -0.25) is 9.59 Å². The van der Waals surface area contributed by atoms with E-state index < -0.39 is 6.10 Å². The molecule has 0 aliphatic carbocycles. The van der Waals surface area contributed by atoms with Gasteiger partial charge >= 0.3 is 11.9 Å². The summed E-state index contributed by atoms with van der Waals surface area (Å²) in [5.74, 6) is -0.489. The number of hydrogen-bond donors (Lipinski definition) is 0. The minimum atomic E-state index is -0.588. The maximum atomic E-state index is 12.8. The molecule has 0 aromatic rings. The van der Waals surface area contributed by atoms with E-state index in [1.54, 1.807) is 0 Å². The van der Waals surface area contributed by atoms with Gasteiger partial charge in [0.15, 0.2) is 6.10 Å². The van der Waals surface area contributed by atoms with E-state index in [0.29, 0.717) is 19.4 Å². The zero-order valence-electron chi connectivity index (χ0n) is 39.8. The Balaban J connectivity index is 4.44. The Morgan fingerprint density at radius 1 is 0.355 bits per heavy atom. The van der Waals surface area contributed by atoms with E-state index in [0.717, 1.165) is 154 Å². The van der Waals surface area contributed by atoms with Crippen LogP contribution in [-0.2, 0) is 23.8 Å². The van der Waals surface area contributed by atoms with Crippen molar-refractivity contribution < 1.29 is 23.8 Å². The minimum Gasteiger partial charge on any atom is -0.462 e. The number of carbonyl (C=O) groups is 2. The molecule has 5 heteroatoms. The molecule has 0 aromatic carbocycles. The van der Waals surface area contributed by atoms with Crippen molar-refractivity contribution in [2.75, 3.05) is 19.8 Å². The topological polar surface area (TPSA) is 61.8 Å². The second kappa shape index (κ2) is 51.4. The molecule has 0 spiro atoms. The van der Waals surface area contributed by atoms with Gasteiger partial charge in [-0.25, -0.2) is 0 Å². The zero-order chi connectivity index (χ0) is 44.9. The van der Waals surface area contributed by atoms with Gasteiger partial charge in [0.25, 0.3) is 0 Å². The lowest BCUT2D eigenvalue weighted by molar-refractivity contribution is -0.163. The summed E-state index contributed by atoms with van der Waals surface area (Å²) in [5.41, 5.74) is 0. The fourth-order valence-corrected chi connectivity index (χ4v) is 6.09. The van der Waals surface area contributed by atoms with Crippen molar-refractivity contribution in [3.05, 3.63) is 134 Å². The Morgan fingerprint density at radius 3 is 1.08 bits per heavy atom. The first-order valence-electron chi connectivity index (χ1n) is 24.7. The van der Waals surface area contributed by atoms with Crippen molar-refractivity contribution >= 4 is 11.9 Å². The van der Waals surface area contributed by atoms with Crippen molar-refractivity contribution in [3.8, 4) is 0 Å². The molecule has 0 fully saturated rings. The third-order valence-electron chi connectivity index (χ3n) is 9.66. The lowest BCUT2D eigenvalue weighted by Gasteiger charge is -2.18. The monoisotopic (exact) mass is 855 g/mol. The SMILES string of the molecule is CC/C=C\C/C=C\C/C=C\C/C=C\CCCCCCC(=O)OCC(COCCCCC/C=C\C/C=C\C/C=C\C/C=C\CC)OC(=O)CCCCC/C=C\C/C=C\C/C=C\CC. The zero-order valence-corrected chi connectivity index (χ0v) is 39.8. The van der Waals surface area contributed by atoms with Gasteiger partial charge in [0.05, 0.1) is 6.61 Å². The largest absolute Gasteiger partial charge is 0.462 e. The van der Waals surface area contributed by atoms with Gasteiger partial charge in [-0.2, -0.15) is 0 Å². The van der Waals surface area contributed by atoms with Crippen LogP contribution in [-0.4, -0.2) is 37.9 Å². The molecule has 5 nitrogen and oxygen atoms in total. The molecule has 1 atom stereocenters. The highest BCUT2D eigenvalue weighted by Crippen LogP contribution is 2.11. The van der Waals surface area contributed by atoms with Gasteiger partial charge in [-0.05, 0) is 128 Å². The Bertz CT molecular complexity index is 1330. The van der Waals surface area contributed by atoms with Crippen LogP contribution in [0.2, 0.25) is 0 Å². The first kappa shape index (κ1) is 58.0. The lowest BCUT2D eigenvalue weighted by Crippen LogP contribution is -2.30. The maximum absolute atomic E-state index is 12.8. The molecule has 0 amide bonds. The number of hydrogen-bond acceptors (Lipinski definition) is 5. The van der Waals surface area contributed by atoms with Gasteiger partial charge in [0.1, 0.15) is 6.61 Å². The molecule has 62 heavy (non-hydrogen) atoms. The summed E-state index contributed by atoms with van der Waals surface area (Å²) in [6, 6.07) is 0. The quantitative estimate of drug-likeness (QED) is 0.0347. The van der Waals surface area contributed by atoms with Gasteiger partial charge in [0.2, 0.25) is 0 Å². The number of allylic oxidation sites excluding steroid dienone is 22. The molecule has 0 aliphatic heterocycles. The summed E-state index contributed by atoms with van der Waals surface area (Å²) in [4.78, 5) is 25.4. The number of rotatable bonds is 43. The molecule has 0 bridgehead atoms. The molecule has 0 aromatic heterocycles. The highest BCUT2D eigenvalue weighted by Gasteiger charge is 2.17. The lowest BCUT2D eigenvalue weighted by atomic mass is 10.1. The van der Waals surface area contributed by atoms with Crippen molar-refractivity contribution in [2.45, 2.75) is 194 Å². The maximum Gasteiger partial charge on any atom is 0.306 e. The van der Waals surface area contributed by atoms with Crippen molar-refractivity contribution in [2.24, 2.45) is 0 Å². The Hall–Kier alpha value is -3.96. The number of ether oxygens (including phenoxy) is 3. The predicted octanol–water partition coefficient (Wildman–Crippen LogP) is 16.8. The van der Waals surface area contributed by atoms with E-state index in [1.165, 1.54) is 0 Å². The molecular weight excluding hydrogens is 765 g/mol. The third kappa shape index (κ3) is 48.7. The number of esters is 2. The summed E-state index contributed by atoms with van der Waals surface area (Å²) in [7, 11) is 0. The molecule has 0 rings (SSSR count). The summed E-state index contributed by atoms with van der Waals surface area (Å²) in [6.45, 7) is 7.33. The minimum absolute atomic E-state index is 0.0381. The number of carbonyl (C=O) groups excluding carboxylic acids is 2. The van der Waals surface area contributed by atoms with E-state index in [9.17, 15) is 9.59 Å². The van der Waals surface area contributed by atoms with Gasteiger partial charge in [-0.1, -0.05) is 180 Å². The van der Waals surface area contributed by atoms with Crippen LogP contribution >= 0.6 is 0 Å². The van der Waals surface area contributed by atoms with Gasteiger partial charge in [-0.15, -0.1) is 0 Å². The average Bonchev–Trinajstić information content (AvgIpc) is 3.27. The summed E-state index contributed by atoms with van der Waals surface area (Å²) in [6.07, 6.45) is 73.2. The van der Waals surface area contributed by atoms with Crippen LogP contribution in [0, 0.1) is 0 Å². The molecule has 0 saturated carbocycles. The Morgan fingerprint density at radius 2 is 0.677 bits per heavy atom.